The van der Waals surface area contributed by atoms with Gasteiger partial charge in [0.2, 0.25) is 5.91 Å². The van der Waals surface area contributed by atoms with E-state index in [2.05, 4.69) is 5.32 Å². The number of thiophene rings is 1. The van der Waals surface area contributed by atoms with Gasteiger partial charge in [0.25, 0.3) is 11.8 Å². The first kappa shape index (κ1) is 25.3. The molecule has 1 aromatic heterocycles. The molecule has 1 aliphatic rings. The summed E-state index contributed by atoms with van der Waals surface area (Å²) in [4.78, 5) is 64.4. The Morgan fingerprint density at radius 1 is 1.12 bits per heavy atom. The lowest BCUT2D eigenvalue weighted by Crippen LogP contribution is -2.36. The lowest BCUT2D eigenvalue weighted by atomic mass is 10.1. The van der Waals surface area contributed by atoms with Crippen molar-refractivity contribution in [2.45, 2.75) is 39.5 Å². The van der Waals surface area contributed by atoms with Gasteiger partial charge in [0.05, 0.1) is 17.0 Å². The predicted molar refractivity (Wildman–Crippen MR) is 118 cm³/mol. The van der Waals surface area contributed by atoms with Gasteiger partial charge >= 0.3 is 11.9 Å². The van der Waals surface area contributed by atoms with Gasteiger partial charge in [-0.2, -0.15) is 0 Å². The molecular formula is C21H29N3O7S. The van der Waals surface area contributed by atoms with Gasteiger partial charge < -0.3 is 24.6 Å². The summed E-state index contributed by atoms with van der Waals surface area (Å²) >= 11 is 0.953. The molecule has 0 bridgehead atoms. The standard InChI is InChI=1S/C21H29N3O7S/c1-5-30-21(29)17-13(2)18(20(28)23(3)4)32-19(17)22-14(25)12-31-16(27)11-24-10-8-6-7-9-15(24)26/h5-12H2,1-4H3,(H,22,25). The van der Waals surface area contributed by atoms with Gasteiger partial charge in [-0.05, 0) is 32.3 Å². The highest BCUT2D eigenvalue weighted by Crippen LogP contribution is 2.34. The number of nitrogens with one attached hydrogen (secondary N) is 1. The Balaban J connectivity index is 2.05. The summed E-state index contributed by atoms with van der Waals surface area (Å²) in [6.45, 7) is 3.08. The first-order chi connectivity index (χ1) is 15.1. The summed E-state index contributed by atoms with van der Waals surface area (Å²) in [5, 5.41) is 2.68. The summed E-state index contributed by atoms with van der Waals surface area (Å²) in [5.74, 6) is -2.43. The number of amides is 3. The van der Waals surface area contributed by atoms with E-state index in [1.165, 1.54) is 9.80 Å². The fraction of sp³-hybridized carbons (Fsp3) is 0.571. The van der Waals surface area contributed by atoms with Gasteiger partial charge in [0.1, 0.15) is 11.5 Å². The van der Waals surface area contributed by atoms with Gasteiger partial charge in [-0.3, -0.25) is 19.2 Å². The number of hydrogen-bond donors (Lipinski definition) is 1. The maximum absolute atomic E-state index is 12.4. The zero-order valence-corrected chi connectivity index (χ0v) is 19.6. The van der Waals surface area contributed by atoms with Crippen molar-refractivity contribution in [3.8, 4) is 0 Å². The van der Waals surface area contributed by atoms with Crippen LogP contribution in [0.5, 0.6) is 0 Å². The predicted octanol–water partition coefficient (Wildman–Crippen LogP) is 1.82. The van der Waals surface area contributed by atoms with Crippen LogP contribution in [0.2, 0.25) is 0 Å². The minimum Gasteiger partial charge on any atom is -0.462 e. The Morgan fingerprint density at radius 2 is 1.84 bits per heavy atom. The Kier molecular flexibility index (Phi) is 9.18. The summed E-state index contributed by atoms with van der Waals surface area (Å²) in [6, 6.07) is 0. The summed E-state index contributed by atoms with van der Waals surface area (Å²) in [7, 11) is 3.16. The molecule has 1 saturated heterocycles. The van der Waals surface area contributed by atoms with Crippen molar-refractivity contribution in [2.24, 2.45) is 0 Å². The number of nitrogens with zero attached hydrogens (tertiary/aromatic N) is 2. The number of ether oxygens (including phenoxy) is 2. The van der Waals surface area contributed by atoms with Crippen LogP contribution >= 0.6 is 11.3 Å². The van der Waals surface area contributed by atoms with E-state index in [0.29, 0.717) is 23.4 Å². The molecule has 0 aromatic carbocycles. The summed E-state index contributed by atoms with van der Waals surface area (Å²) in [5.41, 5.74) is 0.496. The molecular weight excluding hydrogens is 438 g/mol. The molecule has 0 saturated carbocycles. The number of anilines is 1. The third kappa shape index (κ3) is 6.52. The monoisotopic (exact) mass is 467 g/mol. The van der Waals surface area contributed by atoms with Gasteiger partial charge in [-0.25, -0.2) is 4.79 Å². The van der Waals surface area contributed by atoms with Crippen LogP contribution in [-0.2, 0) is 23.9 Å². The molecule has 3 amide bonds. The fourth-order valence-corrected chi connectivity index (χ4v) is 4.41. The van der Waals surface area contributed by atoms with Gasteiger partial charge in [0, 0.05) is 27.1 Å². The van der Waals surface area contributed by atoms with Crippen LogP contribution in [0.1, 0.15) is 58.2 Å². The number of carbonyl (C=O) groups is 5. The molecule has 1 aromatic rings. The Hall–Kier alpha value is -2.95. The number of rotatable bonds is 8. The van der Waals surface area contributed by atoms with E-state index in [9.17, 15) is 24.0 Å². The topological polar surface area (TPSA) is 122 Å². The van der Waals surface area contributed by atoms with E-state index in [4.69, 9.17) is 9.47 Å². The van der Waals surface area contributed by atoms with Crippen molar-refractivity contribution >= 4 is 46.0 Å². The summed E-state index contributed by atoms with van der Waals surface area (Å²) in [6.07, 6.45) is 2.95. The first-order valence-corrected chi connectivity index (χ1v) is 11.2. The van der Waals surface area contributed by atoms with Crippen molar-refractivity contribution in [3.05, 3.63) is 16.0 Å². The molecule has 1 aliphatic heterocycles. The lowest BCUT2D eigenvalue weighted by Gasteiger charge is -2.19. The Bertz CT molecular complexity index is 894. The molecule has 176 valence electrons. The SMILES string of the molecule is CCOC(=O)c1c(NC(=O)COC(=O)CN2CCCCCC2=O)sc(C(=O)N(C)C)c1C. The molecule has 0 atom stereocenters. The van der Waals surface area contributed by atoms with Gasteiger partial charge in [-0.15, -0.1) is 11.3 Å². The smallest absolute Gasteiger partial charge is 0.341 e. The van der Waals surface area contributed by atoms with E-state index in [1.54, 1.807) is 27.9 Å². The van der Waals surface area contributed by atoms with Crippen molar-refractivity contribution in [1.29, 1.82) is 0 Å². The average molecular weight is 468 g/mol. The minimum atomic E-state index is -0.688. The number of hydrogen-bond acceptors (Lipinski definition) is 8. The second kappa shape index (κ2) is 11.6. The number of esters is 2. The average Bonchev–Trinajstić information content (AvgIpc) is 2.91. The quantitative estimate of drug-likeness (QED) is 0.579. The molecule has 10 nitrogen and oxygen atoms in total. The van der Waals surface area contributed by atoms with Crippen LogP contribution in [0.4, 0.5) is 5.00 Å². The molecule has 1 fully saturated rings. The Morgan fingerprint density at radius 3 is 2.50 bits per heavy atom. The van der Waals surface area contributed by atoms with E-state index in [-0.39, 0.29) is 35.5 Å². The minimum absolute atomic E-state index is 0.0943. The lowest BCUT2D eigenvalue weighted by molar-refractivity contribution is -0.151. The van der Waals surface area contributed by atoms with Crippen molar-refractivity contribution < 1.29 is 33.4 Å². The highest BCUT2D eigenvalue weighted by atomic mass is 32.1. The molecule has 0 aliphatic carbocycles. The van der Waals surface area contributed by atoms with Gasteiger partial charge in [-0.1, -0.05) is 6.42 Å². The Labute approximate surface area is 190 Å². The van der Waals surface area contributed by atoms with E-state index in [1.807, 2.05) is 0 Å². The third-order valence-electron chi connectivity index (χ3n) is 4.84. The largest absolute Gasteiger partial charge is 0.462 e. The zero-order valence-electron chi connectivity index (χ0n) is 18.8. The number of likely N-dealkylation sites (tertiary alicyclic amines) is 1. The highest BCUT2D eigenvalue weighted by Gasteiger charge is 2.27. The van der Waals surface area contributed by atoms with Crippen molar-refractivity contribution in [2.75, 3.05) is 45.7 Å². The van der Waals surface area contributed by atoms with Crippen LogP contribution < -0.4 is 5.32 Å². The fourth-order valence-electron chi connectivity index (χ4n) is 3.17. The van der Waals surface area contributed by atoms with E-state index >= 15 is 0 Å². The maximum Gasteiger partial charge on any atom is 0.341 e. The van der Waals surface area contributed by atoms with Crippen molar-refractivity contribution in [3.63, 3.8) is 0 Å². The highest BCUT2D eigenvalue weighted by molar-refractivity contribution is 7.18. The van der Waals surface area contributed by atoms with Gasteiger partial charge in [0.15, 0.2) is 6.61 Å². The molecule has 2 rings (SSSR count). The maximum atomic E-state index is 12.4. The summed E-state index contributed by atoms with van der Waals surface area (Å²) < 4.78 is 10.1. The molecule has 32 heavy (non-hydrogen) atoms. The third-order valence-corrected chi connectivity index (χ3v) is 6.03. The zero-order chi connectivity index (χ0) is 23.8. The first-order valence-electron chi connectivity index (χ1n) is 10.4. The van der Waals surface area contributed by atoms with Crippen LogP contribution in [0, 0.1) is 6.92 Å². The van der Waals surface area contributed by atoms with Crippen LogP contribution in [-0.4, -0.2) is 79.9 Å². The van der Waals surface area contributed by atoms with E-state index in [0.717, 1.165) is 30.6 Å². The molecule has 0 radical (unpaired) electrons. The molecule has 1 N–H and O–H groups in total. The molecule has 0 spiro atoms. The molecule has 0 unspecified atom stereocenters. The second-order valence-corrected chi connectivity index (χ2v) is 8.54. The van der Waals surface area contributed by atoms with Crippen molar-refractivity contribution in [1.82, 2.24) is 9.80 Å². The van der Waals surface area contributed by atoms with Crippen LogP contribution in [0.3, 0.4) is 0 Å². The second-order valence-electron chi connectivity index (χ2n) is 7.52. The molecule has 11 heteroatoms. The van der Waals surface area contributed by atoms with Crippen LogP contribution in [0.15, 0.2) is 0 Å². The number of carbonyl (C=O) groups excluding carboxylic acids is 5. The normalized spacial score (nSPS) is 13.9. The molecule has 2 heterocycles. The van der Waals surface area contributed by atoms with E-state index < -0.39 is 24.5 Å². The van der Waals surface area contributed by atoms with Crippen LogP contribution in [0.25, 0.3) is 0 Å².